The minimum Gasteiger partial charge on any atom is -0.306 e. The zero-order valence-electron chi connectivity index (χ0n) is 9.58. The number of hydrogen-bond donors (Lipinski definition) is 1. The first-order chi connectivity index (χ1) is 7.03. The van der Waals surface area contributed by atoms with Crippen LogP contribution in [0.5, 0.6) is 0 Å². The summed E-state index contributed by atoms with van der Waals surface area (Å²) in [4.78, 5) is 12.0. The van der Waals surface area contributed by atoms with E-state index in [0.717, 1.165) is 12.1 Å². The molecule has 0 aromatic heterocycles. The highest BCUT2D eigenvalue weighted by atomic mass is 16.1. The third-order valence-electron chi connectivity index (χ3n) is 3.19. The fourth-order valence-corrected chi connectivity index (χ4v) is 2.62. The number of nitrogens with one attached hydrogen (secondary N) is 1. The van der Waals surface area contributed by atoms with Crippen LogP contribution in [-0.4, -0.2) is 17.5 Å². The van der Waals surface area contributed by atoms with E-state index in [1.54, 1.807) is 0 Å². The Morgan fingerprint density at radius 3 is 2.93 bits per heavy atom. The van der Waals surface area contributed by atoms with Crippen LogP contribution in [0.1, 0.15) is 33.6 Å². The number of ketones is 1. The van der Waals surface area contributed by atoms with Gasteiger partial charge in [-0.25, -0.2) is 0 Å². The molecular weight excluding hydrogens is 188 g/mol. The van der Waals surface area contributed by atoms with Crippen LogP contribution in [0.15, 0.2) is 17.3 Å². The minimum absolute atomic E-state index is 0.00535. The lowest BCUT2D eigenvalue weighted by molar-refractivity contribution is -0.126. The highest BCUT2D eigenvalue weighted by Gasteiger charge is 2.44. The van der Waals surface area contributed by atoms with Gasteiger partial charge >= 0.3 is 0 Å². The van der Waals surface area contributed by atoms with Crippen LogP contribution >= 0.6 is 0 Å². The molecule has 1 saturated carbocycles. The van der Waals surface area contributed by atoms with Crippen LogP contribution in [0.3, 0.4) is 0 Å². The summed E-state index contributed by atoms with van der Waals surface area (Å²) >= 11 is 0. The molecule has 0 unspecified atom stereocenters. The first kappa shape index (κ1) is 10.4. The van der Waals surface area contributed by atoms with Gasteiger partial charge in [-0.05, 0) is 24.8 Å². The van der Waals surface area contributed by atoms with Crippen LogP contribution in [-0.2, 0) is 4.79 Å². The number of Topliss-reactive ketones (excluding diaryl/α,β-unsaturated/α-hetero) is 1. The molecule has 2 rings (SSSR count). The van der Waals surface area contributed by atoms with Gasteiger partial charge in [0.1, 0.15) is 5.78 Å². The Balaban J connectivity index is 2.21. The fraction of sp³-hybridized carbons (Fsp3) is 0.667. The number of fused-ring (bicyclic) bond motifs is 1. The van der Waals surface area contributed by atoms with E-state index in [9.17, 15) is 4.79 Å². The molecule has 1 aliphatic carbocycles. The van der Waals surface area contributed by atoms with E-state index in [-0.39, 0.29) is 17.4 Å². The molecule has 82 valence electrons. The molecule has 1 fully saturated rings. The van der Waals surface area contributed by atoms with Crippen LogP contribution in [0, 0.1) is 11.3 Å². The molecule has 1 N–H and O–H groups in total. The van der Waals surface area contributed by atoms with Gasteiger partial charge in [-0.1, -0.05) is 19.9 Å². The van der Waals surface area contributed by atoms with Crippen LogP contribution in [0.25, 0.3) is 0 Å². The third kappa shape index (κ3) is 1.83. The standard InChI is InChI=1S/C12H18N2O/c1-4-5-8-11-9(14-13-8)6-12(2,3)7-10(11)15/h4-5,9,11,14H,6-7H2,1-3H3/b5-4+/t9-,11+/m0/s1. The largest absolute Gasteiger partial charge is 0.306 e. The number of carbonyl (C=O) groups excluding carboxylic acids is 1. The lowest BCUT2D eigenvalue weighted by atomic mass is 9.69. The van der Waals surface area contributed by atoms with Gasteiger partial charge in [0.05, 0.1) is 17.7 Å². The molecule has 0 saturated heterocycles. The first-order valence-electron chi connectivity index (χ1n) is 5.52. The Morgan fingerprint density at radius 1 is 1.53 bits per heavy atom. The van der Waals surface area contributed by atoms with Gasteiger partial charge in [-0.3, -0.25) is 4.79 Å². The van der Waals surface area contributed by atoms with Crippen molar-refractivity contribution in [2.45, 2.75) is 39.7 Å². The molecule has 1 heterocycles. The van der Waals surface area contributed by atoms with E-state index >= 15 is 0 Å². The Morgan fingerprint density at radius 2 is 2.27 bits per heavy atom. The molecule has 15 heavy (non-hydrogen) atoms. The normalized spacial score (nSPS) is 33.8. The minimum atomic E-state index is -0.00535. The highest BCUT2D eigenvalue weighted by molar-refractivity contribution is 6.12. The van der Waals surface area contributed by atoms with Gasteiger partial charge in [-0.2, -0.15) is 5.10 Å². The van der Waals surface area contributed by atoms with E-state index < -0.39 is 0 Å². The first-order valence-corrected chi connectivity index (χ1v) is 5.52. The van der Waals surface area contributed by atoms with E-state index in [1.165, 1.54) is 0 Å². The van der Waals surface area contributed by atoms with E-state index in [0.29, 0.717) is 12.2 Å². The highest BCUT2D eigenvalue weighted by Crippen LogP contribution is 2.38. The number of hydrazone groups is 1. The van der Waals surface area contributed by atoms with Crippen molar-refractivity contribution in [1.29, 1.82) is 0 Å². The predicted octanol–water partition coefficient (Wildman–Crippen LogP) is 1.90. The van der Waals surface area contributed by atoms with Crippen molar-refractivity contribution < 1.29 is 4.79 Å². The molecule has 0 amide bonds. The van der Waals surface area contributed by atoms with Crippen molar-refractivity contribution >= 4 is 11.5 Å². The van der Waals surface area contributed by atoms with Crippen LogP contribution in [0.2, 0.25) is 0 Å². The average molecular weight is 206 g/mol. The maximum Gasteiger partial charge on any atom is 0.144 e. The Labute approximate surface area is 90.6 Å². The fourth-order valence-electron chi connectivity index (χ4n) is 2.62. The van der Waals surface area contributed by atoms with Crippen molar-refractivity contribution in [3.05, 3.63) is 12.2 Å². The second-order valence-corrected chi connectivity index (χ2v) is 5.26. The SMILES string of the molecule is C/C=C/C1=NN[C@H]2CC(C)(C)CC(=O)[C@H]12. The summed E-state index contributed by atoms with van der Waals surface area (Å²) in [5, 5.41) is 4.24. The number of hydrogen-bond acceptors (Lipinski definition) is 3. The number of rotatable bonds is 1. The molecule has 0 aromatic carbocycles. The molecule has 1 aliphatic heterocycles. The summed E-state index contributed by atoms with van der Waals surface area (Å²) in [7, 11) is 0. The molecular formula is C12H18N2O. The monoisotopic (exact) mass is 206 g/mol. The predicted molar refractivity (Wildman–Crippen MR) is 60.7 cm³/mol. The summed E-state index contributed by atoms with van der Waals surface area (Å²) in [5.74, 6) is 0.326. The topological polar surface area (TPSA) is 41.5 Å². The van der Waals surface area contributed by atoms with Crippen molar-refractivity contribution in [1.82, 2.24) is 5.43 Å². The maximum absolute atomic E-state index is 12.0. The van der Waals surface area contributed by atoms with Crippen molar-refractivity contribution in [2.24, 2.45) is 16.4 Å². The molecule has 3 nitrogen and oxygen atoms in total. The second kappa shape index (κ2) is 3.47. The summed E-state index contributed by atoms with van der Waals surface area (Å²) in [6.07, 6.45) is 5.57. The average Bonchev–Trinajstić information content (AvgIpc) is 2.46. The summed E-state index contributed by atoms with van der Waals surface area (Å²) < 4.78 is 0. The number of carbonyl (C=O) groups is 1. The van der Waals surface area contributed by atoms with Gasteiger partial charge in [0.15, 0.2) is 0 Å². The van der Waals surface area contributed by atoms with Gasteiger partial charge in [0, 0.05) is 6.42 Å². The van der Waals surface area contributed by atoms with E-state index in [4.69, 9.17) is 0 Å². The summed E-state index contributed by atoms with van der Waals surface area (Å²) in [6.45, 7) is 6.25. The molecule has 2 aliphatic rings. The zero-order valence-corrected chi connectivity index (χ0v) is 9.58. The molecule has 0 radical (unpaired) electrons. The molecule has 3 heteroatoms. The van der Waals surface area contributed by atoms with Gasteiger partial charge < -0.3 is 5.43 Å². The quantitative estimate of drug-likeness (QED) is 0.712. The third-order valence-corrected chi connectivity index (χ3v) is 3.19. The molecule has 0 spiro atoms. The van der Waals surface area contributed by atoms with Crippen molar-refractivity contribution in [2.75, 3.05) is 0 Å². The second-order valence-electron chi connectivity index (χ2n) is 5.26. The summed E-state index contributed by atoms with van der Waals surface area (Å²) in [6, 6.07) is 0.215. The lowest BCUT2D eigenvalue weighted by Crippen LogP contribution is -2.45. The van der Waals surface area contributed by atoms with Gasteiger partial charge in [0.25, 0.3) is 0 Å². The van der Waals surface area contributed by atoms with Gasteiger partial charge in [0.2, 0.25) is 0 Å². The molecule has 0 bridgehead atoms. The zero-order chi connectivity index (χ0) is 11.1. The van der Waals surface area contributed by atoms with E-state index in [2.05, 4.69) is 24.4 Å². The number of nitrogens with zero attached hydrogens (tertiary/aromatic N) is 1. The maximum atomic E-state index is 12.0. The Hall–Kier alpha value is -1.12. The van der Waals surface area contributed by atoms with Crippen LogP contribution < -0.4 is 5.43 Å². The summed E-state index contributed by atoms with van der Waals surface area (Å²) in [5.41, 5.74) is 4.12. The van der Waals surface area contributed by atoms with Gasteiger partial charge in [-0.15, -0.1) is 0 Å². The smallest absolute Gasteiger partial charge is 0.144 e. The van der Waals surface area contributed by atoms with E-state index in [1.807, 2.05) is 19.1 Å². The molecule has 0 aromatic rings. The van der Waals surface area contributed by atoms with Crippen molar-refractivity contribution in [3.63, 3.8) is 0 Å². The number of allylic oxidation sites excluding steroid dienone is 2. The Bertz CT molecular complexity index is 342. The van der Waals surface area contributed by atoms with Crippen molar-refractivity contribution in [3.8, 4) is 0 Å². The molecule has 2 atom stereocenters. The Kier molecular flexibility index (Phi) is 2.41. The lowest BCUT2D eigenvalue weighted by Gasteiger charge is -2.35. The van der Waals surface area contributed by atoms with Crippen LogP contribution in [0.4, 0.5) is 0 Å².